The fourth-order valence-corrected chi connectivity index (χ4v) is 5.33. The molecule has 3 aliphatic carbocycles. The summed E-state index contributed by atoms with van der Waals surface area (Å²) >= 11 is 0. The molecule has 1 N–H and O–H groups in total. The van der Waals surface area contributed by atoms with Crippen molar-refractivity contribution in [2.45, 2.75) is 64.9 Å². The predicted octanol–water partition coefficient (Wildman–Crippen LogP) is 4.05. The number of rotatable bonds is 2. The molecule has 3 aliphatic rings. The third kappa shape index (κ3) is 2.32. The molecule has 21 heavy (non-hydrogen) atoms. The third-order valence-corrected chi connectivity index (χ3v) is 6.51. The van der Waals surface area contributed by atoms with Crippen LogP contribution in [0.15, 0.2) is 23.8 Å². The molecule has 1 unspecified atom stereocenters. The minimum Gasteiger partial charge on any atom is -0.390 e. The van der Waals surface area contributed by atoms with Gasteiger partial charge < -0.3 is 5.11 Å². The summed E-state index contributed by atoms with van der Waals surface area (Å²) in [6.07, 6.45) is 12.2. The summed E-state index contributed by atoms with van der Waals surface area (Å²) in [4.78, 5) is 11.7. The zero-order valence-corrected chi connectivity index (χ0v) is 13.6. The average molecular weight is 288 g/mol. The smallest absolute Gasteiger partial charge is 0.178 e. The van der Waals surface area contributed by atoms with Gasteiger partial charge in [0.25, 0.3) is 0 Å². The van der Waals surface area contributed by atoms with Gasteiger partial charge in [0.15, 0.2) is 5.78 Å². The molecule has 0 amide bonds. The standard InChI is InChI=1S/C19H28O2/c1-4-5-17-15-7-6-13-12-14(20)8-10-18(13,2)16(15)9-11-19(17,3)21/h8,10,12,15-17,21H,4-7,9,11H2,1-3H3/t15-,16+,17?,18+,19+/m1/s1. The molecule has 0 spiro atoms. The van der Waals surface area contributed by atoms with Crippen LogP contribution in [0.1, 0.15) is 59.3 Å². The van der Waals surface area contributed by atoms with Crippen LogP contribution in [0.4, 0.5) is 0 Å². The molecule has 0 aliphatic heterocycles. The SMILES string of the molecule is CCCC1[C@@H]2CCC3=CC(=O)C=C[C@]3(C)[C@H]2CC[C@]1(C)O. The molecular weight excluding hydrogens is 260 g/mol. The Balaban J connectivity index is 1.94. The van der Waals surface area contributed by atoms with Crippen molar-refractivity contribution in [3.63, 3.8) is 0 Å². The Hall–Kier alpha value is -0.890. The lowest BCUT2D eigenvalue weighted by Crippen LogP contribution is -2.52. The van der Waals surface area contributed by atoms with Crippen molar-refractivity contribution in [3.8, 4) is 0 Å². The second-order valence-corrected chi connectivity index (χ2v) is 7.79. The Labute approximate surface area is 128 Å². The van der Waals surface area contributed by atoms with E-state index in [1.165, 1.54) is 5.57 Å². The van der Waals surface area contributed by atoms with Crippen LogP contribution >= 0.6 is 0 Å². The van der Waals surface area contributed by atoms with E-state index in [0.29, 0.717) is 17.8 Å². The molecule has 0 radical (unpaired) electrons. The van der Waals surface area contributed by atoms with Gasteiger partial charge >= 0.3 is 0 Å². The van der Waals surface area contributed by atoms with Gasteiger partial charge in [0, 0.05) is 5.41 Å². The molecule has 2 saturated carbocycles. The topological polar surface area (TPSA) is 37.3 Å². The van der Waals surface area contributed by atoms with E-state index >= 15 is 0 Å². The predicted molar refractivity (Wildman–Crippen MR) is 84.8 cm³/mol. The van der Waals surface area contributed by atoms with Gasteiger partial charge in [-0.15, -0.1) is 0 Å². The molecule has 0 bridgehead atoms. The van der Waals surface area contributed by atoms with Crippen molar-refractivity contribution in [1.29, 1.82) is 0 Å². The fraction of sp³-hybridized carbons (Fsp3) is 0.737. The molecular formula is C19H28O2. The van der Waals surface area contributed by atoms with E-state index in [9.17, 15) is 9.90 Å². The third-order valence-electron chi connectivity index (χ3n) is 6.51. The van der Waals surface area contributed by atoms with Crippen molar-refractivity contribution >= 4 is 5.78 Å². The van der Waals surface area contributed by atoms with Crippen molar-refractivity contribution < 1.29 is 9.90 Å². The molecule has 2 heteroatoms. The quantitative estimate of drug-likeness (QED) is 0.832. The van der Waals surface area contributed by atoms with E-state index in [0.717, 1.165) is 38.5 Å². The van der Waals surface area contributed by atoms with Crippen molar-refractivity contribution in [2.24, 2.45) is 23.2 Å². The normalized spacial score (nSPS) is 45.8. The average Bonchev–Trinajstić information content (AvgIpc) is 2.42. The molecule has 3 rings (SSSR count). The maximum atomic E-state index is 11.7. The first-order valence-corrected chi connectivity index (χ1v) is 8.55. The van der Waals surface area contributed by atoms with Crippen LogP contribution in [0.5, 0.6) is 0 Å². The van der Waals surface area contributed by atoms with E-state index in [1.807, 2.05) is 13.0 Å². The number of ketones is 1. The highest BCUT2D eigenvalue weighted by molar-refractivity contribution is 6.01. The van der Waals surface area contributed by atoms with Gasteiger partial charge in [0.1, 0.15) is 0 Å². The molecule has 0 saturated heterocycles. The molecule has 2 fully saturated rings. The summed E-state index contributed by atoms with van der Waals surface area (Å²) in [5.74, 6) is 1.73. The van der Waals surface area contributed by atoms with Crippen molar-refractivity contribution in [3.05, 3.63) is 23.8 Å². The van der Waals surface area contributed by atoms with E-state index in [-0.39, 0.29) is 11.2 Å². The fourth-order valence-electron chi connectivity index (χ4n) is 5.33. The van der Waals surface area contributed by atoms with Crippen LogP contribution in [-0.2, 0) is 4.79 Å². The number of hydrogen-bond donors (Lipinski definition) is 1. The first-order valence-electron chi connectivity index (χ1n) is 8.55. The van der Waals surface area contributed by atoms with E-state index in [1.54, 1.807) is 6.08 Å². The van der Waals surface area contributed by atoms with E-state index in [2.05, 4.69) is 19.9 Å². The zero-order chi connectivity index (χ0) is 15.3. The maximum Gasteiger partial charge on any atom is 0.178 e. The maximum absolute atomic E-state index is 11.7. The zero-order valence-electron chi connectivity index (χ0n) is 13.6. The lowest BCUT2D eigenvalue weighted by molar-refractivity contribution is -0.113. The largest absolute Gasteiger partial charge is 0.390 e. The number of carbonyl (C=O) groups excluding carboxylic acids is 1. The Morgan fingerprint density at radius 3 is 2.81 bits per heavy atom. The second-order valence-electron chi connectivity index (χ2n) is 7.79. The van der Waals surface area contributed by atoms with Gasteiger partial charge in [-0.2, -0.15) is 0 Å². The minimum absolute atomic E-state index is 0.0410. The molecule has 0 aromatic heterocycles. The van der Waals surface area contributed by atoms with E-state index < -0.39 is 5.60 Å². The molecule has 116 valence electrons. The lowest BCUT2D eigenvalue weighted by Gasteiger charge is -2.56. The summed E-state index contributed by atoms with van der Waals surface area (Å²) in [6.45, 7) is 6.56. The molecule has 0 aromatic carbocycles. The highest BCUT2D eigenvalue weighted by Crippen LogP contribution is 2.59. The Kier molecular flexibility index (Phi) is 3.64. The van der Waals surface area contributed by atoms with Gasteiger partial charge in [-0.1, -0.05) is 31.9 Å². The van der Waals surface area contributed by atoms with Crippen LogP contribution in [0.25, 0.3) is 0 Å². The van der Waals surface area contributed by atoms with Crippen molar-refractivity contribution in [1.82, 2.24) is 0 Å². The summed E-state index contributed by atoms with van der Waals surface area (Å²) in [7, 11) is 0. The summed E-state index contributed by atoms with van der Waals surface area (Å²) in [6, 6.07) is 0. The monoisotopic (exact) mass is 288 g/mol. The van der Waals surface area contributed by atoms with Crippen molar-refractivity contribution in [2.75, 3.05) is 0 Å². The highest BCUT2D eigenvalue weighted by Gasteiger charge is 2.53. The van der Waals surface area contributed by atoms with Crippen LogP contribution in [0, 0.1) is 23.2 Å². The number of fused-ring (bicyclic) bond motifs is 3. The summed E-state index contributed by atoms with van der Waals surface area (Å²) < 4.78 is 0. The number of carbonyl (C=O) groups is 1. The molecule has 0 heterocycles. The van der Waals surface area contributed by atoms with Gasteiger partial charge in [-0.3, -0.25) is 4.79 Å². The molecule has 2 nitrogen and oxygen atoms in total. The Morgan fingerprint density at radius 1 is 1.33 bits per heavy atom. The first kappa shape index (κ1) is 15.0. The number of hydrogen-bond acceptors (Lipinski definition) is 2. The summed E-state index contributed by atoms with van der Waals surface area (Å²) in [5, 5.41) is 10.8. The molecule has 5 atom stereocenters. The van der Waals surface area contributed by atoms with Crippen LogP contribution in [0.3, 0.4) is 0 Å². The van der Waals surface area contributed by atoms with Gasteiger partial charge in [-0.25, -0.2) is 0 Å². The second kappa shape index (κ2) is 5.08. The van der Waals surface area contributed by atoms with Crippen LogP contribution < -0.4 is 0 Å². The number of aliphatic hydroxyl groups is 1. The number of allylic oxidation sites excluding steroid dienone is 4. The van der Waals surface area contributed by atoms with E-state index in [4.69, 9.17) is 0 Å². The Morgan fingerprint density at radius 2 is 2.10 bits per heavy atom. The van der Waals surface area contributed by atoms with Crippen LogP contribution in [-0.4, -0.2) is 16.5 Å². The lowest BCUT2D eigenvalue weighted by atomic mass is 9.49. The minimum atomic E-state index is -0.511. The Bertz CT molecular complexity index is 500. The van der Waals surface area contributed by atoms with Gasteiger partial charge in [-0.05, 0) is 68.9 Å². The van der Waals surface area contributed by atoms with Gasteiger partial charge in [0.05, 0.1) is 5.60 Å². The first-order chi connectivity index (χ1) is 9.88. The molecule has 0 aromatic rings. The van der Waals surface area contributed by atoms with Crippen LogP contribution in [0.2, 0.25) is 0 Å². The highest BCUT2D eigenvalue weighted by atomic mass is 16.3. The van der Waals surface area contributed by atoms with Gasteiger partial charge in [0.2, 0.25) is 0 Å². The summed E-state index contributed by atoms with van der Waals surface area (Å²) in [5.41, 5.74) is 0.857.